The topological polar surface area (TPSA) is 30.5 Å². The Morgan fingerprint density at radius 1 is 1.40 bits per heavy atom. The molecular formula is C14H18Cl3NO2. The zero-order chi connectivity index (χ0) is 15.0. The summed E-state index contributed by atoms with van der Waals surface area (Å²) in [6, 6.07) is 3.55. The van der Waals surface area contributed by atoms with Crippen molar-refractivity contribution in [1.82, 2.24) is 5.32 Å². The Hall–Kier alpha value is -0.610. The van der Waals surface area contributed by atoms with Gasteiger partial charge < -0.3 is 14.8 Å². The Balaban J connectivity index is 2.95. The maximum atomic E-state index is 6.08. The van der Waals surface area contributed by atoms with Crippen LogP contribution in [0, 0.1) is 0 Å². The molecule has 0 aliphatic rings. The molecule has 0 fully saturated rings. The summed E-state index contributed by atoms with van der Waals surface area (Å²) in [5, 5.41) is 4.32. The van der Waals surface area contributed by atoms with Crippen LogP contribution in [-0.2, 0) is 6.54 Å². The standard InChI is InChI=1S/C14H18Cl3NO2/c1-3-4-18-8-10-5-11(16)6-13(19-2)14(10)20-9-12(17)7-15/h5-7,18H,3-4,8-9H2,1-2H3/b12-7-. The zero-order valence-corrected chi connectivity index (χ0v) is 13.8. The van der Waals surface area contributed by atoms with Crippen molar-refractivity contribution in [3.8, 4) is 11.5 Å². The van der Waals surface area contributed by atoms with Crippen LogP contribution in [0.5, 0.6) is 11.5 Å². The fraction of sp³-hybridized carbons (Fsp3) is 0.429. The van der Waals surface area contributed by atoms with Gasteiger partial charge in [-0.05, 0) is 19.0 Å². The van der Waals surface area contributed by atoms with Crippen LogP contribution in [0.15, 0.2) is 22.7 Å². The highest BCUT2D eigenvalue weighted by Crippen LogP contribution is 2.35. The minimum absolute atomic E-state index is 0.184. The molecule has 112 valence electrons. The van der Waals surface area contributed by atoms with Gasteiger partial charge in [0, 0.05) is 28.7 Å². The van der Waals surface area contributed by atoms with Gasteiger partial charge in [-0.2, -0.15) is 0 Å². The molecule has 1 aromatic carbocycles. The largest absolute Gasteiger partial charge is 0.493 e. The summed E-state index contributed by atoms with van der Waals surface area (Å²) < 4.78 is 11.0. The zero-order valence-electron chi connectivity index (χ0n) is 11.5. The summed E-state index contributed by atoms with van der Waals surface area (Å²) in [5.74, 6) is 1.20. The quantitative estimate of drug-likeness (QED) is 0.706. The fourth-order valence-corrected chi connectivity index (χ4v) is 1.99. The van der Waals surface area contributed by atoms with Gasteiger partial charge in [0.2, 0.25) is 0 Å². The van der Waals surface area contributed by atoms with E-state index in [4.69, 9.17) is 44.3 Å². The van der Waals surface area contributed by atoms with Crippen molar-refractivity contribution in [2.75, 3.05) is 20.3 Å². The fourth-order valence-electron chi connectivity index (χ4n) is 1.64. The molecule has 0 amide bonds. The first-order valence-electron chi connectivity index (χ1n) is 6.27. The molecule has 0 unspecified atom stereocenters. The van der Waals surface area contributed by atoms with Crippen LogP contribution in [0.4, 0.5) is 0 Å². The number of hydrogen-bond acceptors (Lipinski definition) is 3. The first-order valence-corrected chi connectivity index (χ1v) is 7.46. The lowest BCUT2D eigenvalue weighted by atomic mass is 10.1. The second-order valence-corrected chi connectivity index (χ2v) is 5.26. The summed E-state index contributed by atoms with van der Waals surface area (Å²) in [7, 11) is 1.57. The molecule has 0 radical (unpaired) electrons. The van der Waals surface area contributed by atoms with Crippen molar-refractivity contribution >= 4 is 34.8 Å². The molecule has 0 saturated heterocycles. The average molecular weight is 339 g/mol. The molecule has 0 spiro atoms. The van der Waals surface area contributed by atoms with Gasteiger partial charge >= 0.3 is 0 Å². The van der Waals surface area contributed by atoms with Gasteiger partial charge in [-0.3, -0.25) is 0 Å². The third-order valence-corrected chi connectivity index (χ3v) is 3.34. The van der Waals surface area contributed by atoms with E-state index >= 15 is 0 Å². The Morgan fingerprint density at radius 2 is 2.15 bits per heavy atom. The van der Waals surface area contributed by atoms with E-state index in [0.717, 1.165) is 18.5 Å². The average Bonchev–Trinajstić information content (AvgIpc) is 2.45. The van der Waals surface area contributed by atoms with E-state index in [2.05, 4.69) is 12.2 Å². The molecule has 1 rings (SSSR count). The third kappa shape index (κ3) is 5.41. The molecule has 0 aliphatic carbocycles. The van der Waals surface area contributed by atoms with Gasteiger partial charge in [0.15, 0.2) is 11.5 Å². The highest BCUT2D eigenvalue weighted by atomic mass is 35.5. The lowest BCUT2D eigenvalue weighted by Gasteiger charge is -2.16. The second-order valence-electron chi connectivity index (χ2n) is 4.12. The molecule has 20 heavy (non-hydrogen) atoms. The minimum atomic E-state index is 0.184. The second kappa shape index (κ2) is 9.35. The Morgan fingerprint density at radius 3 is 2.75 bits per heavy atom. The Labute approximate surface area is 134 Å². The van der Waals surface area contributed by atoms with Crippen LogP contribution in [0.25, 0.3) is 0 Å². The van der Waals surface area contributed by atoms with E-state index in [1.54, 1.807) is 13.2 Å². The van der Waals surface area contributed by atoms with Crippen LogP contribution < -0.4 is 14.8 Å². The lowest BCUT2D eigenvalue weighted by molar-refractivity contribution is 0.319. The normalized spacial score (nSPS) is 11.6. The van der Waals surface area contributed by atoms with Gasteiger partial charge in [0.1, 0.15) is 6.61 Å². The number of benzene rings is 1. The number of rotatable bonds is 8. The molecule has 1 N–H and O–H groups in total. The maximum Gasteiger partial charge on any atom is 0.166 e. The summed E-state index contributed by atoms with van der Waals surface area (Å²) in [6.07, 6.45) is 1.05. The van der Waals surface area contributed by atoms with E-state index in [9.17, 15) is 0 Å². The first kappa shape index (κ1) is 17.4. The lowest BCUT2D eigenvalue weighted by Crippen LogP contribution is -2.15. The van der Waals surface area contributed by atoms with E-state index < -0.39 is 0 Å². The Kier molecular flexibility index (Phi) is 8.15. The predicted octanol–water partition coefficient (Wildman–Crippen LogP) is 4.55. The predicted molar refractivity (Wildman–Crippen MR) is 85.3 cm³/mol. The molecule has 0 bridgehead atoms. The summed E-state index contributed by atoms with van der Waals surface area (Å²) in [4.78, 5) is 0. The van der Waals surface area contributed by atoms with Crippen molar-refractivity contribution in [3.63, 3.8) is 0 Å². The van der Waals surface area contributed by atoms with E-state index in [1.165, 1.54) is 5.54 Å². The maximum absolute atomic E-state index is 6.08. The van der Waals surface area contributed by atoms with Gasteiger partial charge in [0.25, 0.3) is 0 Å². The molecule has 0 aliphatic heterocycles. The molecule has 0 atom stereocenters. The summed E-state index contributed by atoms with van der Waals surface area (Å²) in [5.41, 5.74) is 2.20. The van der Waals surface area contributed by atoms with E-state index in [-0.39, 0.29) is 6.61 Å². The highest BCUT2D eigenvalue weighted by Gasteiger charge is 2.13. The molecule has 6 heteroatoms. The minimum Gasteiger partial charge on any atom is -0.493 e. The number of nitrogens with one attached hydrogen (secondary N) is 1. The smallest absolute Gasteiger partial charge is 0.166 e. The third-order valence-electron chi connectivity index (χ3n) is 2.53. The van der Waals surface area contributed by atoms with Crippen molar-refractivity contribution in [1.29, 1.82) is 0 Å². The molecule has 0 saturated carbocycles. The van der Waals surface area contributed by atoms with Gasteiger partial charge in [-0.15, -0.1) is 0 Å². The summed E-state index contributed by atoms with van der Waals surface area (Å²) in [6.45, 7) is 3.84. The van der Waals surface area contributed by atoms with Crippen LogP contribution in [-0.4, -0.2) is 20.3 Å². The molecular weight excluding hydrogens is 321 g/mol. The Bertz CT molecular complexity index is 464. The van der Waals surface area contributed by atoms with Crippen molar-refractivity contribution < 1.29 is 9.47 Å². The first-order chi connectivity index (χ1) is 9.62. The van der Waals surface area contributed by atoms with E-state index in [0.29, 0.717) is 28.1 Å². The van der Waals surface area contributed by atoms with E-state index in [1.807, 2.05) is 6.07 Å². The number of hydrogen-bond donors (Lipinski definition) is 1. The number of ether oxygens (including phenoxy) is 2. The molecule has 0 aromatic heterocycles. The van der Waals surface area contributed by atoms with Crippen LogP contribution in [0.2, 0.25) is 5.02 Å². The van der Waals surface area contributed by atoms with Crippen LogP contribution >= 0.6 is 34.8 Å². The SMILES string of the molecule is CCCNCc1cc(Cl)cc(OC)c1OC/C(Cl)=C/Cl. The van der Waals surface area contributed by atoms with Crippen molar-refractivity contribution in [2.24, 2.45) is 0 Å². The summed E-state index contributed by atoms with van der Waals surface area (Å²) >= 11 is 17.4. The van der Waals surface area contributed by atoms with Gasteiger partial charge in [-0.25, -0.2) is 0 Å². The van der Waals surface area contributed by atoms with Crippen LogP contribution in [0.3, 0.4) is 0 Å². The number of methoxy groups -OCH3 is 1. The van der Waals surface area contributed by atoms with Gasteiger partial charge in [0.05, 0.1) is 12.1 Å². The molecule has 3 nitrogen and oxygen atoms in total. The molecule has 1 aromatic rings. The van der Waals surface area contributed by atoms with Crippen molar-refractivity contribution in [2.45, 2.75) is 19.9 Å². The monoisotopic (exact) mass is 337 g/mol. The van der Waals surface area contributed by atoms with Gasteiger partial charge in [-0.1, -0.05) is 41.7 Å². The number of halogens is 3. The van der Waals surface area contributed by atoms with Crippen LogP contribution in [0.1, 0.15) is 18.9 Å². The molecule has 0 heterocycles. The van der Waals surface area contributed by atoms with Crippen molar-refractivity contribution in [3.05, 3.63) is 33.3 Å². The highest BCUT2D eigenvalue weighted by molar-refractivity contribution is 6.36.